The van der Waals surface area contributed by atoms with Gasteiger partial charge in [-0.25, -0.2) is 18.0 Å². The van der Waals surface area contributed by atoms with Gasteiger partial charge in [0.1, 0.15) is 39.1 Å². The number of halogens is 4. The van der Waals surface area contributed by atoms with E-state index in [9.17, 15) is 28.5 Å². The first kappa shape index (κ1) is 50.5. The molecule has 0 N–H and O–H groups in total. The Morgan fingerprint density at radius 2 is 1.03 bits per heavy atom. The average molecular weight is 991 g/mol. The van der Waals surface area contributed by atoms with Crippen molar-refractivity contribution in [2.24, 2.45) is 0 Å². The van der Waals surface area contributed by atoms with Gasteiger partial charge in [-0.05, 0) is 140 Å². The molecule has 0 atom stereocenters. The maximum atomic E-state index is 13.5. The number of hydrogen-bond acceptors (Lipinski definition) is 11. The predicted molar refractivity (Wildman–Crippen MR) is 250 cm³/mol. The maximum Gasteiger partial charge on any atom is 0.410 e. The van der Waals surface area contributed by atoms with Crippen molar-refractivity contribution in [3.05, 3.63) is 104 Å². The maximum absolute atomic E-state index is 13.5. The minimum atomic E-state index is -3.87. The average Bonchev–Trinajstić information content (AvgIpc) is 3.20. The Morgan fingerprint density at radius 3 is 1.47 bits per heavy atom. The number of amides is 2. The largest absolute Gasteiger partial charge is 0.456 e. The monoisotopic (exact) mass is 988 g/mol. The molecule has 2 aliphatic rings. The van der Waals surface area contributed by atoms with E-state index < -0.39 is 32.4 Å². The standard InChI is InChI=1S/C23H24Cl2N2O5S.C23H24Cl2N2O3S/c1-23(2,3)32-22(28)27-8-6-19(7-9-27)33(29,30)21-10-15(14-26)4-5-20(21)31-18-12-16(24)11-17(25)13-18;1-23(2,3)30-22(28)27-8-6-19(7-9-27)31-21-10-15(14-26)4-5-20(21)29-18-12-16(24)11-17(25)13-18/h4-5,10-13,19H,6-9H2,1-3H3;4-5,10-13,19H,6-9H2,1-3H3. The van der Waals surface area contributed by atoms with Crippen molar-refractivity contribution in [1.82, 2.24) is 9.80 Å². The van der Waals surface area contributed by atoms with E-state index in [0.29, 0.717) is 50.2 Å². The fourth-order valence-electron chi connectivity index (χ4n) is 6.58. The van der Waals surface area contributed by atoms with Crippen LogP contribution in [-0.2, 0) is 19.3 Å². The molecule has 2 amide bonds. The molecule has 0 spiro atoms. The number of carbonyl (C=O) groups excluding carboxylic acids is 2. The summed E-state index contributed by atoms with van der Waals surface area (Å²) in [5, 5.41) is 19.8. The van der Waals surface area contributed by atoms with E-state index >= 15 is 0 Å². The van der Waals surface area contributed by atoms with E-state index in [1.165, 1.54) is 41.3 Å². The summed E-state index contributed by atoms with van der Waals surface area (Å²) in [7, 11) is -3.87. The SMILES string of the molecule is CC(C)(C)OC(=O)N1CCC(S(=O)(=O)c2cc(C#N)ccc2Oc2cc(Cl)cc(Cl)c2)CC1.CC(C)(C)OC(=O)N1CCC(Sc2cc(C#N)ccc2Oc2cc(Cl)cc(Cl)c2)CC1. The highest BCUT2D eigenvalue weighted by molar-refractivity contribution is 8.00. The van der Waals surface area contributed by atoms with Gasteiger partial charge in [0.2, 0.25) is 0 Å². The fourth-order valence-corrected chi connectivity index (χ4v) is 10.7. The Labute approximate surface area is 399 Å². The third kappa shape index (κ3) is 14.7. The summed E-state index contributed by atoms with van der Waals surface area (Å²) in [6.07, 6.45) is 1.38. The Hall–Kier alpha value is -4.54. The number of sulfone groups is 1. The molecule has 4 aromatic rings. The van der Waals surface area contributed by atoms with Crippen LogP contribution in [0.25, 0.3) is 0 Å². The summed E-state index contributed by atoms with van der Waals surface area (Å²) in [5.41, 5.74) is -0.385. The second-order valence-electron chi connectivity index (χ2n) is 17.0. The Kier molecular flexibility index (Phi) is 17.1. The Bertz CT molecular complexity index is 2500. The smallest absolute Gasteiger partial charge is 0.410 e. The molecule has 6 rings (SSSR count). The molecule has 18 heteroatoms. The lowest BCUT2D eigenvalue weighted by Crippen LogP contribution is -2.44. The van der Waals surface area contributed by atoms with Crippen molar-refractivity contribution >= 4 is 80.2 Å². The lowest BCUT2D eigenvalue weighted by molar-refractivity contribution is 0.0208. The van der Waals surface area contributed by atoms with Crippen LogP contribution in [0.2, 0.25) is 20.1 Å². The number of carbonyl (C=O) groups is 2. The van der Waals surface area contributed by atoms with E-state index in [0.717, 1.165) is 17.7 Å². The molecule has 0 unspecified atom stereocenters. The second kappa shape index (κ2) is 21.6. The summed E-state index contributed by atoms with van der Waals surface area (Å²) < 4.78 is 49.8. The van der Waals surface area contributed by atoms with Crippen LogP contribution in [0.15, 0.2) is 82.6 Å². The molecule has 2 fully saturated rings. The number of rotatable bonds is 8. The summed E-state index contributed by atoms with van der Waals surface area (Å²) in [5.74, 6) is 1.51. The van der Waals surface area contributed by atoms with E-state index in [1.807, 2.05) is 32.9 Å². The quantitative estimate of drug-likeness (QED) is 0.165. The first-order valence-corrected chi connectivity index (χ1v) is 24.2. The van der Waals surface area contributed by atoms with Gasteiger partial charge in [-0.15, -0.1) is 11.8 Å². The van der Waals surface area contributed by atoms with Gasteiger partial charge >= 0.3 is 12.2 Å². The molecule has 4 aromatic carbocycles. The van der Waals surface area contributed by atoms with Gasteiger partial charge < -0.3 is 28.7 Å². The van der Waals surface area contributed by atoms with Gasteiger partial charge in [0, 0.05) is 51.5 Å². The molecule has 0 aliphatic carbocycles. The number of likely N-dealkylation sites (tertiary alicyclic amines) is 2. The van der Waals surface area contributed by atoms with Crippen molar-refractivity contribution in [2.45, 2.75) is 98.7 Å². The number of hydrogen-bond donors (Lipinski definition) is 0. The number of nitriles is 2. The van der Waals surface area contributed by atoms with Gasteiger partial charge in [-0.3, -0.25) is 0 Å². The van der Waals surface area contributed by atoms with Crippen LogP contribution in [-0.4, -0.2) is 78.3 Å². The molecule has 0 bridgehead atoms. The molecule has 340 valence electrons. The van der Waals surface area contributed by atoms with Crippen LogP contribution in [0.3, 0.4) is 0 Å². The zero-order valence-corrected chi connectivity index (χ0v) is 40.8. The van der Waals surface area contributed by atoms with E-state index in [-0.39, 0.29) is 59.2 Å². The zero-order chi connectivity index (χ0) is 47.0. The Balaban J connectivity index is 0.000000241. The number of nitrogens with zero attached hydrogens (tertiary/aromatic N) is 4. The first-order valence-electron chi connectivity index (χ1n) is 20.2. The fraction of sp³-hybridized carbons (Fsp3) is 0.391. The van der Waals surface area contributed by atoms with Crippen LogP contribution in [0.5, 0.6) is 23.0 Å². The highest BCUT2D eigenvalue weighted by Gasteiger charge is 2.36. The molecule has 2 saturated heterocycles. The number of benzene rings is 4. The van der Waals surface area contributed by atoms with Crippen molar-refractivity contribution < 1.29 is 37.0 Å². The van der Waals surface area contributed by atoms with Crippen LogP contribution in [0.1, 0.15) is 78.4 Å². The third-order valence-corrected chi connectivity index (χ3v) is 14.0. The minimum absolute atomic E-state index is 0.0712. The third-order valence-electron chi connectivity index (χ3n) is 9.50. The summed E-state index contributed by atoms with van der Waals surface area (Å²) >= 11 is 25.9. The van der Waals surface area contributed by atoms with Crippen LogP contribution >= 0.6 is 58.2 Å². The number of piperidine rings is 2. The molecule has 0 radical (unpaired) electrons. The summed E-state index contributed by atoms with van der Waals surface area (Å²) in [6.45, 7) is 12.7. The minimum Gasteiger partial charge on any atom is -0.456 e. The van der Waals surface area contributed by atoms with Crippen LogP contribution in [0.4, 0.5) is 9.59 Å². The van der Waals surface area contributed by atoms with Gasteiger partial charge in [0.05, 0.1) is 33.4 Å². The van der Waals surface area contributed by atoms with Crippen molar-refractivity contribution in [3.63, 3.8) is 0 Å². The molecule has 0 aromatic heterocycles. The highest BCUT2D eigenvalue weighted by Crippen LogP contribution is 2.40. The van der Waals surface area contributed by atoms with Gasteiger partial charge in [-0.1, -0.05) is 46.4 Å². The van der Waals surface area contributed by atoms with Gasteiger partial charge in [-0.2, -0.15) is 10.5 Å². The Morgan fingerprint density at radius 1 is 0.625 bits per heavy atom. The normalized spacial score (nSPS) is 14.9. The molecule has 2 heterocycles. The van der Waals surface area contributed by atoms with E-state index in [2.05, 4.69) is 6.07 Å². The highest BCUT2D eigenvalue weighted by atomic mass is 35.5. The van der Waals surface area contributed by atoms with Crippen LogP contribution in [0, 0.1) is 22.7 Å². The van der Waals surface area contributed by atoms with Gasteiger partial charge in [0.25, 0.3) is 0 Å². The molecule has 12 nitrogen and oxygen atoms in total. The summed E-state index contributed by atoms with van der Waals surface area (Å²) in [4.78, 5) is 28.6. The van der Waals surface area contributed by atoms with Crippen molar-refractivity contribution in [1.29, 1.82) is 10.5 Å². The van der Waals surface area contributed by atoms with E-state index in [1.54, 1.807) is 67.8 Å². The molecule has 0 saturated carbocycles. The van der Waals surface area contributed by atoms with Gasteiger partial charge in [0.15, 0.2) is 9.84 Å². The lowest BCUT2D eigenvalue weighted by Gasteiger charge is -2.33. The lowest BCUT2D eigenvalue weighted by atomic mass is 10.1. The predicted octanol–water partition coefficient (Wildman–Crippen LogP) is 13.0. The first-order chi connectivity index (χ1) is 30.0. The molecular formula is C46H48Cl4N4O8S2. The molecule has 2 aliphatic heterocycles. The van der Waals surface area contributed by atoms with Crippen molar-refractivity contribution in [3.8, 4) is 35.1 Å². The molecule has 64 heavy (non-hydrogen) atoms. The zero-order valence-electron chi connectivity index (χ0n) is 36.1. The second-order valence-corrected chi connectivity index (χ2v) is 22.2. The van der Waals surface area contributed by atoms with Crippen molar-refractivity contribution in [2.75, 3.05) is 26.2 Å². The number of ether oxygens (including phenoxy) is 4. The molecular weight excluding hydrogens is 942 g/mol. The van der Waals surface area contributed by atoms with E-state index in [4.69, 9.17) is 65.4 Å². The van der Waals surface area contributed by atoms with Crippen LogP contribution < -0.4 is 9.47 Å². The number of thioether (sulfide) groups is 1. The topological polar surface area (TPSA) is 159 Å². The summed E-state index contributed by atoms with van der Waals surface area (Å²) in [6, 6.07) is 23.3.